The average Bonchev–Trinajstić information content (AvgIpc) is 3.16. The topological polar surface area (TPSA) is 48.3 Å². The molecule has 3 rings (SSSR count). The summed E-state index contributed by atoms with van der Waals surface area (Å²) in [6.45, 7) is 0.773. The minimum atomic E-state index is 0.661. The zero-order chi connectivity index (χ0) is 18.4. The van der Waals surface area contributed by atoms with E-state index in [-0.39, 0.29) is 0 Å². The maximum atomic E-state index is 5.56. The molecule has 0 aliphatic carbocycles. The Balaban J connectivity index is 1.71. The van der Waals surface area contributed by atoms with Gasteiger partial charge >= 0.3 is 0 Å². The van der Waals surface area contributed by atoms with Crippen LogP contribution in [0.5, 0.6) is 11.5 Å². The van der Waals surface area contributed by atoms with Crippen LogP contribution in [-0.2, 0) is 13.0 Å². The number of ether oxygens (including phenoxy) is 2. The molecule has 1 N–H and O–H groups in total. The molecule has 0 saturated carbocycles. The molecule has 1 heterocycles. The lowest BCUT2D eigenvalue weighted by Crippen LogP contribution is -2.14. The van der Waals surface area contributed by atoms with Crippen molar-refractivity contribution in [1.29, 1.82) is 0 Å². The highest BCUT2D eigenvalue weighted by atomic mass is 32.1. The van der Waals surface area contributed by atoms with E-state index in [2.05, 4.69) is 22.4 Å². The lowest BCUT2D eigenvalue weighted by Gasteiger charge is -2.14. The monoisotopic (exact) mass is 367 g/mol. The fraction of sp³-hybridized carbons (Fsp3) is 0.200. The lowest BCUT2D eigenvalue weighted by molar-refractivity contribution is 0.355. The normalized spacial score (nSPS) is 10.4. The van der Waals surface area contributed by atoms with Gasteiger partial charge in [-0.1, -0.05) is 36.5 Å². The molecule has 26 heavy (non-hydrogen) atoms. The third kappa shape index (κ3) is 4.40. The van der Waals surface area contributed by atoms with Gasteiger partial charge in [0.2, 0.25) is 0 Å². The van der Waals surface area contributed by atoms with E-state index in [0.29, 0.717) is 17.9 Å². The Bertz CT molecular complexity index is 879. The Hall–Kier alpha value is -2.86. The third-order valence-corrected chi connectivity index (χ3v) is 4.30. The highest BCUT2D eigenvalue weighted by Crippen LogP contribution is 2.29. The minimum Gasteiger partial charge on any atom is -0.493 e. The van der Waals surface area contributed by atoms with Gasteiger partial charge in [-0.2, -0.15) is 0 Å². The van der Waals surface area contributed by atoms with Gasteiger partial charge < -0.3 is 19.4 Å². The molecule has 0 unspecified atom stereocenters. The second-order valence-corrected chi connectivity index (χ2v) is 6.29. The molecule has 1 aromatic heterocycles. The number of methoxy groups -OCH3 is 2. The van der Waals surface area contributed by atoms with Crippen LogP contribution in [0.2, 0.25) is 0 Å². The molecule has 0 fully saturated rings. The lowest BCUT2D eigenvalue weighted by atomic mass is 10.0. The average molecular weight is 367 g/mol. The number of hydrogen-bond donors (Lipinski definition) is 1. The summed E-state index contributed by atoms with van der Waals surface area (Å²) < 4.78 is 12.6. The molecule has 0 aliphatic rings. The van der Waals surface area contributed by atoms with Crippen molar-refractivity contribution in [1.82, 2.24) is 9.55 Å². The van der Waals surface area contributed by atoms with E-state index in [1.807, 2.05) is 47.4 Å². The highest BCUT2D eigenvalue weighted by Gasteiger charge is 2.08. The molecular formula is C20H21N3O2S. The molecule has 3 aromatic rings. The number of imidazole rings is 1. The summed E-state index contributed by atoms with van der Waals surface area (Å²) in [5, 5.41) is 3.28. The van der Waals surface area contributed by atoms with Gasteiger partial charge in [-0.05, 0) is 23.3 Å². The SMILES string of the molecule is COc1ccc(NC(=S)Cc2ccccc2Cn2ccnc2)cc1OC. The molecule has 0 spiro atoms. The second kappa shape index (κ2) is 8.49. The summed E-state index contributed by atoms with van der Waals surface area (Å²) in [5.41, 5.74) is 3.29. The van der Waals surface area contributed by atoms with Crippen LogP contribution in [0, 0.1) is 0 Å². The van der Waals surface area contributed by atoms with E-state index in [9.17, 15) is 0 Å². The first-order chi connectivity index (χ1) is 12.7. The summed E-state index contributed by atoms with van der Waals surface area (Å²) in [5.74, 6) is 1.36. The molecule has 0 aliphatic heterocycles. The van der Waals surface area contributed by atoms with Crippen molar-refractivity contribution in [3.8, 4) is 11.5 Å². The molecule has 2 aromatic carbocycles. The minimum absolute atomic E-state index is 0.661. The van der Waals surface area contributed by atoms with Crippen LogP contribution in [0.15, 0.2) is 61.2 Å². The fourth-order valence-corrected chi connectivity index (χ4v) is 3.03. The number of anilines is 1. The zero-order valence-corrected chi connectivity index (χ0v) is 15.6. The molecule has 0 atom stereocenters. The number of nitrogens with one attached hydrogen (secondary N) is 1. The first kappa shape index (κ1) is 17.9. The van der Waals surface area contributed by atoms with E-state index in [1.165, 1.54) is 11.1 Å². The molecule has 0 saturated heterocycles. The molecule has 6 heteroatoms. The van der Waals surface area contributed by atoms with Crippen molar-refractivity contribution in [3.05, 3.63) is 72.3 Å². The van der Waals surface area contributed by atoms with E-state index >= 15 is 0 Å². The zero-order valence-electron chi connectivity index (χ0n) is 14.8. The number of benzene rings is 2. The van der Waals surface area contributed by atoms with Crippen LogP contribution in [0.3, 0.4) is 0 Å². The summed E-state index contributed by atoms with van der Waals surface area (Å²) in [6.07, 6.45) is 6.22. The summed E-state index contributed by atoms with van der Waals surface area (Å²) in [6, 6.07) is 14.0. The van der Waals surface area contributed by atoms with E-state index < -0.39 is 0 Å². The standard InChI is InChI=1S/C20H21N3O2S/c1-24-18-8-7-17(12-19(18)25-2)22-20(26)11-15-5-3-4-6-16(15)13-23-10-9-21-14-23/h3-10,12,14H,11,13H2,1-2H3,(H,22,26). The molecule has 0 bridgehead atoms. The van der Waals surface area contributed by atoms with Gasteiger partial charge in [-0.15, -0.1) is 0 Å². The highest BCUT2D eigenvalue weighted by molar-refractivity contribution is 7.80. The first-order valence-electron chi connectivity index (χ1n) is 8.24. The van der Waals surface area contributed by atoms with Crippen LogP contribution in [-0.4, -0.2) is 28.8 Å². The fourth-order valence-electron chi connectivity index (χ4n) is 2.75. The second-order valence-electron chi connectivity index (χ2n) is 5.80. The summed E-state index contributed by atoms with van der Waals surface area (Å²) in [4.78, 5) is 4.84. The Labute approximate surface area is 158 Å². The van der Waals surface area contributed by atoms with Crippen LogP contribution in [0.1, 0.15) is 11.1 Å². The molecule has 0 radical (unpaired) electrons. The number of rotatable bonds is 7. The maximum absolute atomic E-state index is 5.56. The van der Waals surface area contributed by atoms with E-state index in [0.717, 1.165) is 17.2 Å². The quantitative estimate of drug-likeness (QED) is 0.641. The predicted octanol–water partition coefficient (Wildman–Crippen LogP) is 3.93. The van der Waals surface area contributed by atoms with Gasteiger partial charge in [0.05, 0.1) is 25.5 Å². The van der Waals surface area contributed by atoms with Crippen LogP contribution < -0.4 is 14.8 Å². The first-order valence-corrected chi connectivity index (χ1v) is 8.65. The van der Waals surface area contributed by atoms with E-state index in [4.69, 9.17) is 21.7 Å². The number of hydrogen-bond acceptors (Lipinski definition) is 4. The van der Waals surface area contributed by atoms with Gasteiger partial charge in [0.15, 0.2) is 11.5 Å². The predicted molar refractivity (Wildman–Crippen MR) is 107 cm³/mol. The van der Waals surface area contributed by atoms with Crippen LogP contribution >= 0.6 is 12.2 Å². The van der Waals surface area contributed by atoms with Crippen molar-refractivity contribution in [2.24, 2.45) is 0 Å². The summed E-state index contributed by atoms with van der Waals surface area (Å²) in [7, 11) is 3.24. The van der Waals surface area contributed by atoms with Gasteiger partial charge in [0.25, 0.3) is 0 Å². The van der Waals surface area contributed by atoms with Crippen molar-refractivity contribution >= 4 is 22.9 Å². The Morgan fingerprint density at radius 3 is 2.54 bits per heavy atom. The summed E-state index contributed by atoms with van der Waals surface area (Å²) >= 11 is 5.56. The van der Waals surface area contributed by atoms with Crippen LogP contribution in [0.25, 0.3) is 0 Å². The van der Waals surface area contributed by atoms with Gasteiger partial charge in [-0.3, -0.25) is 0 Å². The molecular weight excluding hydrogens is 346 g/mol. The Morgan fingerprint density at radius 2 is 1.85 bits per heavy atom. The third-order valence-electron chi connectivity index (χ3n) is 4.05. The van der Waals surface area contributed by atoms with Gasteiger partial charge in [-0.25, -0.2) is 4.98 Å². The number of aromatic nitrogens is 2. The molecule has 5 nitrogen and oxygen atoms in total. The van der Waals surface area contributed by atoms with Gasteiger partial charge in [0.1, 0.15) is 0 Å². The molecule has 134 valence electrons. The Kier molecular flexibility index (Phi) is 5.86. The largest absolute Gasteiger partial charge is 0.493 e. The van der Waals surface area contributed by atoms with Gasteiger partial charge in [0, 0.05) is 37.1 Å². The van der Waals surface area contributed by atoms with Crippen molar-refractivity contribution in [2.75, 3.05) is 19.5 Å². The van der Waals surface area contributed by atoms with Crippen molar-refractivity contribution in [3.63, 3.8) is 0 Å². The maximum Gasteiger partial charge on any atom is 0.162 e. The smallest absolute Gasteiger partial charge is 0.162 e. The number of thiocarbonyl (C=S) groups is 1. The number of nitrogens with zero attached hydrogens (tertiary/aromatic N) is 2. The van der Waals surface area contributed by atoms with E-state index in [1.54, 1.807) is 20.4 Å². The Morgan fingerprint density at radius 1 is 1.08 bits per heavy atom. The van der Waals surface area contributed by atoms with Crippen LogP contribution in [0.4, 0.5) is 5.69 Å². The van der Waals surface area contributed by atoms with Crippen molar-refractivity contribution in [2.45, 2.75) is 13.0 Å². The molecule has 0 amide bonds. The van der Waals surface area contributed by atoms with Crippen molar-refractivity contribution < 1.29 is 9.47 Å².